The molecule has 0 unspecified atom stereocenters. The Bertz CT molecular complexity index is 1200. The third kappa shape index (κ3) is 7.72. The molecular weight excluding hydrogens is 543 g/mol. The van der Waals surface area contributed by atoms with Gasteiger partial charge in [0, 0.05) is 42.8 Å². The van der Waals surface area contributed by atoms with Gasteiger partial charge in [0.15, 0.2) is 0 Å². The summed E-state index contributed by atoms with van der Waals surface area (Å²) in [4.78, 5) is 2.53. The summed E-state index contributed by atoms with van der Waals surface area (Å²) in [5.74, 6) is 0.692. The summed E-state index contributed by atoms with van der Waals surface area (Å²) in [6.45, 7) is 6.11. The molecule has 1 aliphatic rings. The first-order chi connectivity index (χ1) is 18.4. The molecule has 1 saturated heterocycles. The Morgan fingerprint density at radius 2 is 1.34 bits per heavy atom. The Morgan fingerprint density at radius 1 is 0.789 bits per heavy atom. The fourth-order valence-electron chi connectivity index (χ4n) is 4.34. The molecule has 6 nitrogen and oxygen atoms in total. The van der Waals surface area contributed by atoms with E-state index in [-0.39, 0.29) is 6.10 Å². The number of hydrogen-bond donors (Lipinski definition) is 0. The molecule has 1 heterocycles. The van der Waals surface area contributed by atoms with E-state index >= 15 is 0 Å². The van der Waals surface area contributed by atoms with E-state index in [4.69, 9.17) is 32.7 Å². The highest BCUT2D eigenvalue weighted by Crippen LogP contribution is 2.28. The molecule has 0 bridgehead atoms. The summed E-state index contributed by atoms with van der Waals surface area (Å²) in [6.07, 6.45) is 1.77. The van der Waals surface area contributed by atoms with Crippen molar-refractivity contribution in [1.82, 2.24) is 9.21 Å². The average Bonchev–Trinajstić information content (AvgIpc) is 2.93. The van der Waals surface area contributed by atoms with Crippen molar-refractivity contribution in [1.29, 1.82) is 0 Å². The van der Waals surface area contributed by atoms with Gasteiger partial charge in [-0.1, -0.05) is 60.8 Å². The number of nitrogens with zero attached hydrogens (tertiary/aromatic N) is 2. The van der Waals surface area contributed by atoms with Crippen LogP contribution < -0.4 is 4.74 Å². The minimum Gasteiger partial charge on any atom is -0.494 e. The fraction of sp³-hybridized carbons (Fsp3) is 0.379. The van der Waals surface area contributed by atoms with Crippen LogP contribution in [0.3, 0.4) is 0 Å². The monoisotopic (exact) mass is 576 g/mol. The zero-order valence-electron chi connectivity index (χ0n) is 21.6. The molecule has 0 amide bonds. The van der Waals surface area contributed by atoms with Gasteiger partial charge >= 0.3 is 0 Å². The smallest absolute Gasteiger partial charge is 0.243 e. The van der Waals surface area contributed by atoms with Gasteiger partial charge in [-0.25, -0.2) is 8.42 Å². The van der Waals surface area contributed by atoms with Crippen molar-refractivity contribution in [2.45, 2.75) is 30.8 Å². The first kappa shape index (κ1) is 28.9. The maximum atomic E-state index is 13.2. The zero-order valence-corrected chi connectivity index (χ0v) is 23.9. The van der Waals surface area contributed by atoms with Crippen LogP contribution in [-0.4, -0.2) is 63.6 Å². The number of rotatable bonds is 12. The van der Waals surface area contributed by atoms with Crippen molar-refractivity contribution < 1.29 is 17.9 Å². The van der Waals surface area contributed by atoms with E-state index in [1.165, 1.54) is 0 Å². The van der Waals surface area contributed by atoms with Crippen LogP contribution in [0.25, 0.3) is 0 Å². The summed E-state index contributed by atoms with van der Waals surface area (Å²) in [5.41, 5.74) is 2.02. The number of benzene rings is 3. The van der Waals surface area contributed by atoms with Crippen molar-refractivity contribution in [2.24, 2.45) is 0 Å². The second-order valence-electron chi connectivity index (χ2n) is 9.27. The molecular formula is C29H34Cl2N2O4S. The minimum absolute atomic E-state index is 0.250. The average molecular weight is 578 g/mol. The number of sulfonamides is 1. The quantitative estimate of drug-likeness (QED) is 0.237. The molecule has 3 aromatic rings. The van der Waals surface area contributed by atoms with E-state index in [0.717, 1.165) is 24.0 Å². The molecule has 38 heavy (non-hydrogen) atoms. The molecule has 0 atom stereocenters. The molecule has 1 fully saturated rings. The van der Waals surface area contributed by atoms with E-state index in [9.17, 15) is 8.42 Å². The second kappa shape index (κ2) is 13.8. The van der Waals surface area contributed by atoms with Crippen LogP contribution in [0.2, 0.25) is 10.0 Å². The highest BCUT2D eigenvalue weighted by Gasteiger charge is 2.28. The Hall–Kier alpha value is -2.13. The van der Waals surface area contributed by atoms with Gasteiger partial charge in [0.05, 0.1) is 18.1 Å². The Kier molecular flexibility index (Phi) is 10.5. The fourth-order valence-corrected chi connectivity index (χ4v) is 6.02. The number of halogens is 2. The number of piperazine rings is 1. The van der Waals surface area contributed by atoms with Gasteiger partial charge in [-0.15, -0.1) is 0 Å². The van der Waals surface area contributed by atoms with E-state index in [2.05, 4.69) is 11.8 Å². The first-order valence-corrected chi connectivity index (χ1v) is 15.1. The van der Waals surface area contributed by atoms with Gasteiger partial charge < -0.3 is 9.47 Å². The van der Waals surface area contributed by atoms with Gasteiger partial charge in [-0.2, -0.15) is 4.31 Å². The summed E-state index contributed by atoms with van der Waals surface area (Å²) in [5, 5.41) is 1.35. The largest absolute Gasteiger partial charge is 0.494 e. The van der Waals surface area contributed by atoms with Crippen molar-refractivity contribution in [3.63, 3.8) is 0 Å². The number of hydrogen-bond acceptors (Lipinski definition) is 5. The van der Waals surface area contributed by atoms with E-state index in [1.54, 1.807) is 28.6 Å². The van der Waals surface area contributed by atoms with Gasteiger partial charge in [0.1, 0.15) is 11.9 Å². The van der Waals surface area contributed by atoms with Crippen molar-refractivity contribution in [3.05, 3.63) is 94.0 Å². The molecule has 9 heteroatoms. The first-order valence-electron chi connectivity index (χ1n) is 12.9. The third-order valence-corrected chi connectivity index (χ3v) is 9.01. The summed E-state index contributed by atoms with van der Waals surface area (Å²) >= 11 is 12.2. The lowest BCUT2D eigenvalue weighted by Crippen LogP contribution is -2.49. The molecule has 0 aliphatic carbocycles. The molecule has 204 valence electrons. The van der Waals surface area contributed by atoms with Crippen LogP contribution in [0, 0.1) is 0 Å². The van der Waals surface area contributed by atoms with Gasteiger partial charge in [0.25, 0.3) is 0 Å². The molecule has 0 N–H and O–H groups in total. The molecule has 4 rings (SSSR count). The molecule has 0 spiro atoms. The minimum atomic E-state index is -3.54. The SMILES string of the molecule is CCCCOc1ccc(S(=O)(=O)N2CCN(CCOC(c3ccc(Cl)cc3)c3ccc(Cl)cc3)CC2)cc1. The van der Waals surface area contributed by atoms with E-state index in [1.807, 2.05) is 48.5 Å². The number of unbranched alkanes of at least 4 members (excludes halogenated alkanes) is 1. The summed E-state index contributed by atoms with van der Waals surface area (Å²) in [7, 11) is -3.54. The maximum Gasteiger partial charge on any atom is 0.243 e. The lowest BCUT2D eigenvalue weighted by atomic mass is 10.0. The van der Waals surface area contributed by atoms with Gasteiger partial charge in [0.2, 0.25) is 10.0 Å². The van der Waals surface area contributed by atoms with Crippen LogP contribution in [0.5, 0.6) is 5.75 Å². The molecule has 3 aromatic carbocycles. The second-order valence-corrected chi connectivity index (χ2v) is 12.1. The topological polar surface area (TPSA) is 59.1 Å². The van der Waals surface area contributed by atoms with Crippen molar-refractivity contribution in [3.8, 4) is 5.75 Å². The third-order valence-electron chi connectivity index (χ3n) is 6.60. The normalized spacial score (nSPS) is 15.2. The molecule has 0 radical (unpaired) electrons. The van der Waals surface area contributed by atoms with Crippen LogP contribution in [0.4, 0.5) is 0 Å². The number of ether oxygens (including phenoxy) is 2. The van der Waals surface area contributed by atoms with E-state index < -0.39 is 10.0 Å². The Morgan fingerprint density at radius 3 is 1.87 bits per heavy atom. The van der Waals surface area contributed by atoms with Crippen LogP contribution in [0.15, 0.2) is 77.7 Å². The Labute approximate surface area is 236 Å². The summed E-state index contributed by atoms with van der Waals surface area (Å²) < 4.78 is 39.9. The summed E-state index contributed by atoms with van der Waals surface area (Å²) in [6, 6.07) is 22.0. The van der Waals surface area contributed by atoms with Crippen LogP contribution in [0.1, 0.15) is 37.0 Å². The lowest BCUT2D eigenvalue weighted by molar-refractivity contribution is 0.0527. The van der Waals surface area contributed by atoms with E-state index in [0.29, 0.717) is 66.6 Å². The van der Waals surface area contributed by atoms with Gasteiger partial charge in [-0.3, -0.25) is 4.90 Å². The standard InChI is InChI=1S/C29H34Cl2N2O4S/c1-2-3-21-36-27-12-14-28(15-13-27)38(34,35)33-18-16-32(17-19-33)20-22-37-29(23-4-8-25(30)9-5-23)24-6-10-26(31)11-7-24/h4-15,29H,2-3,16-22H2,1H3. The molecule has 1 aliphatic heterocycles. The van der Waals surface area contributed by atoms with Crippen molar-refractivity contribution in [2.75, 3.05) is 45.9 Å². The van der Waals surface area contributed by atoms with Gasteiger partial charge in [-0.05, 0) is 66.1 Å². The highest BCUT2D eigenvalue weighted by molar-refractivity contribution is 7.89. The maximum absolute atomic E-state index is 13.2. The Balaban J connectivity index is 1.30. The van der Waals surface area contributed by atoms with Crippen LogP contribution in [-0.2, 0) is 14.8 Å². The molecule has 0 saturated carbocycles. The zero-order chi connectivity index (χ0) is 27.0. The lowest BCUT2D eigenvalue weighted by Gasteiger charge is -2.34. The predicted molar refractivity (Wildman–Crippen MR) is 153 cm³/mol. The van der Waals surface area contributed by atoms with Crippen molar-refractivity contribution >= 4 is 33.2 Å². The predicted octanol–water partition coefficient (Wildman–Crippen LogP) is 6.28. The van der Waals surface area contributed by atoms with Crippen LogP contribution >= 0.6 is 23.2 Å². The molecule has 0 aromatic heterocycles. The highest BCUT2D eigenvalue weighted by atomic mass is 35.5.